The van der Waals surface area contributed by atoms with Gasteiger partial charge in [0.25, 0.3) is 5.69 Å². The Morgan fingerprint density at radius 3 is 2.83 bits per heavy atom. The van der Waals surface area contributed by atoms with Gasteiger partial charge in [-0.05, 0) is 11.6 Å². The lowest BCUT2D eigenvalue weighted by molar-refractivity contribution is -0.385. The van der Waals surface area contributed by atoms with Crippen molar-refractivity contribution in [2.45, 2.75) is 11.9 Å². The normalized spacial score (nSPS) is 10.6. The monoisotopic (exact) mass is 314 g/mol. The van der Waals surface area contributed by atoms with Gasteiger partial charge < -0.3 is 0 Å². The molecule has 0 aliphatic heterocycles. The summed E-state index contributed by atoms with van der Waals surface area (Å²) in [6, 6.07) is 3.44. The lowest BCUT2D eigenvalue weighted by Crippen LogP contribution is -2.02. The number of benzene rings is 1. The van der Waals surface area contributed by atoms with Crippen LogP contribution in [0.1, 0.15) is 11.3 Å². The van der Waals surface area contributed by atoms with Crippen molar-refractivity contribution >= 4 is 21.6 Å². The number of aromatic nitrogens is 3. The molecule has 0 bridgehead atoms. The molecule has 0 saturated carbocycles. The van der Waals surface area contributed by atoms with Crippen LogP contribution in [-0.2, 0) is 11.9 Å². The zero-order valence-electron chi connectivity index (χ0n) is 9.08. The molecule has 0 radical (unpaired) electrons. The fourth-order valence-electron chi connectivity index (χ4n) is 1.49. The molecule has 2 aromatic rings. The van der Waals surface area contributed by atoms with Gasteiger partial charge in [0, 0.05) is 17.6 Å². The molecule has 6 nitrogen and oxygen atoms in total. The summed E-state index contributed by atoms with van der Waals surface area (Å²) in [5, 5.41) is 18.9. The Balaban J connectivity index is 2.25. The summed E-state index contributed by atoms with van der Waals surface area (Å²) in [6.07, 6.45) is 1.69. The molecule has 0 spiro atoms. The number of nitro groups is 1. The van der Waals surface area contributed by atoms with Crippen molar-refractivity contribution in [2.75, 3.05) is 0 Å². The zero-order valence-corrected chi connectivity index (χ0v) is 10.7. The second kappa shape index (κ2) is 5.21. The van der Waals surface area contributed by atoms with Crippen LogP contribution in [0.3, 0.4) is 0 Å². The van der Waals surface area contributed by atoms with Gasteiger partial charge >= 0.3 is 0 Å². The summed E-state index contributed by atoms with van der Waals surface area (Å²) in [4.78, 5) is 9.98. The predicted molar refractivity (Wildman–Crippen MR) is 64.8 cm³/mol. The van der Waals surface area contributed by atoms with E-state index >= 15 is 0 Å². The summed E-state index contributed by atoms with van der Waals surface area (Å²) in [5.41, 5.74) is 0.930. The van der Waals surface area contributed by atoms with Crippen molar-refractivity contribution in [2.24, 2.45) is 0 Å². The number of hydrogen-bond donors (Lipinski definition) is 0. The first kappa shape index (κ1) is 12.6. The van der Waals surface area contributed by atoms with Crippen molar-refractivity contribution in [3.63, 3.8) is 0 Å². The molecule has 0 aliphatic carbocycles. The van der Waals surface area contributed by atoms with E-state index in [9.17, 15) is 14.5 Å². The molecule has 0 atom stereocenters. The molecule has 0 N–H and O–H groups in total. The molecule has 1 aromatic heterocycles. The van der Waals surface area contributed by atoms with Gasteiger partial charge in [-0.2, -0.15) is 0 Å². The lowest BCUT2D eigenvalue weighted by atomic mass is 10.2. The molecule has 2 rings (SSSR count). The van der Waals surface area contributed by atoms with Crippen LogP contribution >= 0.6 is 15.9 Å². The fraction of sp³-hybridized carbons (Fsp3) is 0.200. The van der Waals surface area contributed by atoms with E-state index in [0.717, 1.165) is 11.8 Å². The van der Waals surface area contributed by atoms with E-state index in [0.29, 0.717) is 10.9 Å². The second-order valence-electron chi connectivity index (χ2n) is 3.62. The molecule has 94 valence electrons. The van der Waals surface area contributed by atoms with Gasteiger partial charge in [-0.25, -0.2) is 9.07 Å². The second-order valence-corrected chi connectivity index (χ2v) is 4.18. The standard InChI is InChI=1S/C10H8BrFN4O2/c11-4-9-6-15(14-13-9)5-7-1-8(12)3-10(2-7)16(17)18/h1-3,6H,4-5H2. The first-order valence-corrected chi connectivity index (χ1v) is 6.09. The maximum absolute atomic E-state index is 13.2. The van der Waals surface area contributed by atoms with Crippen LogP contribution in [0.2, 0.25) is 0 Å². The van der Waals surface area contributed by atoms with Crippen molar-refractivity contribution in [1.29, 1.82) is 0 Å². The number of alkyl halides is 1. The molecule has 0 saturated heterocycles. The van der Waals surface area contributed by atoms with Crippen LogP contribution in [0.25, 0.3) is 0 Å². The molecule has 0 aliphatic rings. The molecular weight excluding hydrogens is 307 g/mol. The molecule has 8 heteroatoms. The first-order valence-electron chi connectivity index (χ1n) is 4.97. The Morgan fingerprint density at radius 2 is 2.22 bits per heavy atom. The SMILES string of the molecule is O=[N+]([O-])c1cc(F)cc(Cn2cc(CBr)nn2)c1. The molecule has 0 amide bonds. The van der Waals surface area contributed by atoms with Gasteiger partial charge in [0.1, 0.15) is 5.82 Å². The van der Waals surface area contributed by atoms with Gasteiger partial charge in [-0.3, -0.25) is 10.1 Å². The van der Waals surface area contributed by atoms with Crippen molar-refractivity contribution in [1.82, 2.24) is 15.0 Å². The zero-order chi connectivity index (χ0) is 13.1. The minimum Gasteiger partial charge on any atom is -0.258 e. The minimum atomic E-state index is -0.639. The van der Waals surface area contributed by atoms with E-state index in [4.69, 9.17) is 0 Å². The lowest BCUT2D eigenvalue weighted by Gasteiger charge is -2.01. The number of halogens is 2. The van der Waals surface area contributed by atoms with Crippen LogP contribution in [-0.4, -0.2) is 19.9 Å². The van der Waals surface area contributed by atoms with Crippen LogP contribution in [0, 0.1) is 15.9 Å². The third-order valence-electron chi connectivity index (χ3n) is 2.22. The highest BCUT2D eigenvalue weighted by molar-refractivity contribution is 9.08. The van der Waals surface area contributed by atoms with Crippen molar-refractivity contribution in [3.8, 4) is 0 Å². The number of nitro benzene ring substituents is 1. The third kappa shape index (κ3) is 2.89. The number of nitrogens with zero attached hydrogens (tertiary/aromatic N) is 4. The third-order valence-corrected chi connectivity index (χ3v) is 2.80. The van der Waals surface area contributed by atoms with E-state index < -0.39 is 10.7 Å². The number of non-ortho nitro benzene ring substituents is 1. The highest BCUT2D eigenvalue weighted by Gasteiger charge is 2.10. The minimum absolute atomic E-state index is 0.235. The molecule has 0 fully saturated rings. The summed E-state index contributed by atoms with van der Waals surface area (Å²) < 4.78 is 14.7. The van der Waals surface area contributed by atoms with Gasteiger partial charge in [-0.1, -0.05) is 21.1 Å². The molecule has 18 heavy (non-hydrogen) atoms. The van der Waals surface area contributed by atoms with Gasteiger partial charge in [0.05, 0.1) is 23.2 Å². The topological polar surface area (TPSA) is 73.8 Å². The van der Waals surface area contributed by atoms with E-state index in [1.54, 1.807) is 6.20 Å². The Labute approximate surface area is 110 Å². The maximum atomic E-state index is 13.2. The molecular formula is C10H8BrFN4O2. The highest BCUT2D eigenvalue weighted by Crippen LogP contribution is 2.17. The van der Waals surface area contributed by atoms with E-state index in [1.165, 1.54) is 16.8 Å². The largest absolute Gasteiger partial charge is 0.272 e. The smallest absolute Gasteiger partial charge is 0.258 e. The first-order chi connectivity index (χ1) is 8.58. The quantitative estimate of drug-likeness (QED) is 0.493. The summed E-state index contributed by atoms with van der Waals surface area (Å²) in [7, 11) is 0. The van der Waals surface area contributed by atoms with Crippen LogP contribution in [0.5, 0.6) is 0 Å². The predicted octanol–water partition coefficient (Wildman–Crippen LogP) is 2.27. The molecule has 1 aromatic carbocycles. The average molecular weight is 315 g/mol. The summed E-state index contributed by atoms with van der Waals surface area (Å²) in [6.45, 7) is 0.235. The van der Waals surface area contributed by atoms with E-state index in [1.807, 2.05) is 0 Å². The summed E-state index contributed by atoms with van der Waals surface area (Å²) >= 11 is 3.23. The average Bonchev–Trinajstić information content (AvgIpc) is 2.76. The van der Waals surface area contributed by atoms with Gasteiger partial charge in [0.2, 0.25) is 0 Å². The van der Waals surface area contributed by atoms with E-state index in [-0.39, 0.29) is 12.2 Å². The molecule has 1 heterocycles. The maximum Gasteiger partial charge on any atom is 0.272 e. The van der Waals surface area contributed by atoms with Crippen molar-refractivity contribution in [3.05, 3.63) is 51.6 Å². The van der Waals surface area contributed by atoms with Crippen LogP contribution in [0.4, 0.5) is 10.1 Å². The summed E-state index contributed by atoms with van der Waals surface area (Å²) in [5.74, 6) is -0.639. The van der Waals surface area contributed by atoms with E-state index in [2.05, 4.69) is 26.2 Å². The van der Waals surface area contributed by atoms with Crippen molar-refractivity contribution < 1.29 is 9.31 Å². The Hall–Kier alpha value is -1.83. The Kier molecular flexibility index (Phi) is 3.66. The highest BCUT2D eigenvalue weighted by atomic mass is 79.9. The fourth-order valence-corrected chi connectivity index (χ4v) is 1.75. The van der Waals surface area contributed by atoms with Crippen LogP contribution < -0.4 is 0 Å². The van der Waals surface area contributed by atoms with Gasteiger partial charge in [-0.15, -0.1) is 5.10 Å². The Bertz CT molecular complexity index is 587. The van der Waals surface area contributed by atoms with Crippen LogP contribution in [0.15, 0.2) is 24.4 Å². The van der Waals surface area contributed by atoms with Gasteiger partial charge in [0.15, 0.2) is 0 Å². The number of rotatable bonds is 4. The number of hydrogen-bond acceptors (Lipinski definition) is 4. The Morgan fingerprint density at radius 1 is 1.44 bits per heavy atom. The molecule has 0 unspecified atom stereocenters.